The predicted octanol–water partition coefficient (Wildman–Crippen LogP) is 7.85. The van der Waals surface area contributed by atoms with Crippen LogP contribution in [0.25, 0.3) is 0 Å². The van der Waals surface area contributed by atoms with Gasteiger partial charge in [0.25, 0.3) is 0 Å². The Kier molecular flexibility index (Phi) is 5.46. The highest BCUT2D eigenvalue weighted by atomic mass is 16.4. The molecule has 0 spiro atoms. The molecule has 3 atom stereocenters. The third-order valence-corrected chi connectivity index (χ3v) is 11.8. The summed E-state index contributed by atoms with van der Waals surface area (Å²) < 4.78 is 0. The summed E-state index contributed by atoms with van der Waals surface area (Å²) in [6, 6.07) is 0. The highest BCUT2D eigenvalue weighted by Crippen LogP contribution is 2.76. The number of hydrogen-bond acceptors (Lipinski definition) is 1. The Bertz CT molecular complexity index is 631. The Labute approximate surface area is 190 Å². The number of aliphatic carboxylic acids is 1. The van der Waals surface area contributed by atoms with Gasteiger partial charge in [-0.05, 0) is 136 Å². The van der Waals surface area contributed by atoms with Crippen molar-refractivity contribution >= 4 is 5.97 Å². The molecule has 2 heteroatoms. The first-order valence-corrected chi connectivity index (χ1v) is 14.3. The van der Waals surface area contributed by atoms with Crippen LogP contribution in [-0.4, -0.2) is 11.1 Å². The van der Waals surface area contributed by atoms with Crippen LogP contribution in [0, 0.1) is 52.3 Å². The van der Waals surface area contributed by atoms with E-state index in [1.165, 1.54) is 32.1 Å². The molecule has 0 amide bonds. The van der Waals surface area contributed by atoms with Gasteiger partial charge in [-0.25, -0.2) is 0 Å². The zero-order valence-corrected chi connectivity index (χ0v) is 19.8. The molecule has 8 aliphatic rings. The molecule has 0 heterocycles. The van der Waals surface area contributed by atoms with Crippen molar-refractivity contribution in [2.45, 2.75) is 122 Å². The molecule has 1 N–H and O–H groups in total. The smallest absolute Gasteiger partial charge is 0.303 e. The summed E-state index contributed by atoms with van der Waals surface area (Å²) in [6.45, 7) is 0. The van der Waals surface area contributed by atoms with Crippen LogP contribution in [-0.2, 0) is 4.79 Å². The lowest BCUT2D eigenvalue weighted by Gasteiger charge is -2.73. The third kappa shape index (κ3) is 3.61. The molecule has 0 aromatic rings. The molecule has 31 heavy (non-hydrogen) atoms. The van der Waals surface area contributed by atoms with Crippen molar-refractivity contribution in [2.75, 3.05) is 0 Å². The number of rotatable bonds is 10. The van der Waals surface area contributed by atoms with Gasteiger partial charge in [0.15, 0.2) is 0 Å². The zero-order valence-electron chi connectivity index (χ0n) is 19.8. The van der Waals surface area contributed by atoms with Crippen molar-refractivity contribution in [3.05, 3.63) is 0 Å². The summed E-state index contributed by atoms with van der Waals surface area (Å²) in [5.41, 5.74) is 1.51. The lowest BCUT2D eigenvalue weighted by molar-refractivity contribution is -0.232. The Morgan fingerprint density at radius 1 is 0.645 bits per heavy atom. The van der Waals surface area contributed by atoms with Crippen molar-refractivity contribution in [2.24, 2.45) is 52.3 Å². The maximum Gasteiger partial charge on any atom is 0.303 e. The number of carboxylic acid groups (broad SMARTS) is 1. The lowest BCUT2D eigenvalue weighted by atomic mass is 9.32. The number of carbonyl (C=O) groups is 1. The highest BCUT2D eigenvalue weighted by Gasteiger charge is 2.67. The average Bonchev–Trinajstić information content (AvgIpc) is 2.70. The van der Waals surface area contributed by atoms with Gasteiger partial charge in [-0.15, -0.1) is 0 Å². The molecule has 8 bridgehead atoms. The van der Waals surface area contributed by atoms with E-state index < -0.39 is 5.97 Å². The summed E-state index contributed by atoms with van der Waals surface area (Å²) in [5, 5.41) is 8.81. The molecule has 0 aliphatic heterocycles. The van der Waals surface area contributed by atoms with Gasteiger partial charge in [-0.3, -0.25) is 4.79 Å². The van der Waals surface area contributed by atoms with E-state index in [0.717, 1.165) is 65.1 Å². The Morgan fingerprint density at radius 2 is 1.13 bits per heavy atom. The molecular formula is C29H46O2. The maximum atomic E-state index is 10.7. The molecule has 0 aromatic heterocycles. The summed E-state index contributed by atoms with van der Waals surface area (Å²) >= 11 is 0. The fourth-order valence-corrected chi connectivity index (χ4v) is 11.6. The van der Waals surface area contributed by atoms with Gasteiger partial charge >= 0.3 is 5.97 Å². The molecule has 0 radical (unpaired) electrons. The molecule has 8 aliphatic carbocycles. The average molecular weight is 427 g/mol. The van der Waals surface area contributed by atoms with Gasteiger partial charge in [0.2, 0.25) is 0 Å². The predicted molar refractivity (Wildman–Crippen MR) is 125 cm³/mol. The second-order valence-corrected chi connectivity index (χ2v) is 13.6. The number of hydrogen-bond donors (Lipinski definition) is 1. The van der Waals surface area contributed by atoms with Crippen molar-refractivity contribution in [1.29, 1.82) is 0 Å². The highest BCUT2D eigenvalue weighted by molar-refractivity contribution is 5.66. The second-order valence-electron chi connectivity index (χ2n) is 13.6. The van der Waals surface area contributed by atoms with Crippen LogP contribution in [0.2, 0.25) is 0 Å². The van der Waals surface area contributed by atoms with E-state index in [0.29, 0.717) is 6.42 Å². The molecule has 8 rings (SSSR count). The van der Waals surface area contributed by atoms with Crippen LogP contribution < -0.4 is 0 Å². The Balaban J connectivity index is 1.12. The van der Waals surface area contributed by atoms with Crippen molar-refractivity contribution in [1.82, 2.24) is 0 Å². The van der Waals surface area contributed by atoms with Crippen LogP contribution in [0.3, 0.4) is 0 Å². The minimum absolute atomic E-state index is 0.361. The van der Waals surface area contributed by atoms with E-state index in [9.17, 15) is 4.79 Å². The molecule has 8 fully saturated rings. The topological polar surface area (TPSA) is 37.3 Å². The minimum atomic E-state index is -0.628. The summed E-state index contributed by atoms with van der Waals surface area (Å²) in [4.78, 5) is 10.7. The van der Waals surface area contributed by atoms with Gasteiger partial charge < -0.3 is 5.11 Å². The molecule has 174 valence electrons. The monoisotopic (exact) mass is 426 g/mol. The van der Waals surface area contributed by atoms with Crippen molar-refractivity contribution in [3.8, 4) is 0 Å². The van der Waals surface area contributed by atoms with E-state index in [4.69, 9.17) is 5.11 Å². The molecule has 0 saturated heterocycles. The van der Waals surface area contributed by atoms with Gasteiger partial charge in [-0.2, -0.15) is 0 Å². The molecular weight excluding hydrogens is 380 g/mol. The molecule has 0 aromatic carbocycles. The quantitative estimate of drug-likeness (QED) is 0.361. The largest absolute Gasteiger partial charge is 0.481 e. The fraction of sp³-hybridized carbons (Fsp3) is 0.966. The fourth-order valence-electron chi connectivity index (χ4n) is 11.6. The summed E-state index contributed by atoms with van der Waals surface area (Å²) in [7, 11) is 0. The van der Waals surface area contributed by atoms with Crippen LogP contribution in [0.5, 0.6) is 0 Å². The van der Waals surface area contributed by atoms with Crippen LogP contribution in [0.4, 0.5) is 0 Å². The van der Waals surface area contributed by atoms with Gasteiger partial charge in [-0.1, -0.05) is 32.1 Å². The normalized spacial score (nSPS) is 49.1. The van der Waals surface area contributed by atoms with Crippen LogP contribution in [0.15, 0.2) is 0 Å². The van der Waals surface area contributed by atoms with E-state index >= 15 is 0 Å². The van der Waals surface area contributed by atoms with Gasteiger partial charge in [0.1, 0.15) is 0 Å². The Hall–Kier alpha value is -0.530. The Morgan fingerprint density at radius 3 is 1.68 bits per heavy atom. The minimum Gasteiger partial charge on any atom is -0.481 e. The van der Waals surface area contributed by atoms with Gasteiger partial charge in [0, 0.05) is 6.42 Å². The SMILES string of the molecule is O=C(O)CCCCCCCCC1C2CC3CC(C2)CC1(C12CC4CC(CC(C4)C1)C2)C3. The van der Waals surface area contributed by atoms with Crippen LogP contribution >= 0.6 is 0 Å². The molecule has 2 nitrogen and oxygen atoms in total. The molecule has 3 unspecified atom stereocenters. The van der Waals surface area contributed by atoms with Crippen molar-refractivity contribution < 1.29 is 9.90 Å². The standard InChI is InChI=1S/C29H46O2/c30-27(31)8-6-4-2-1-3-5-7-26-25-13-23-12-24(14-25)19-29(26,18-23)28-15-20-9-21(16-28)11-22(10-20)17-28/h20-26H,1-19H2,(H,30,31). The van der Waals surface area contributed by atoms with E-state index in [1.807, 2.05) is 0 Å². The maximum absolute atomic E-state index is 10.7. The van der Waals surface area contributed by atoms with E-state index in [1.54, 1.807) is 70.6 Å². The first kappa shape index (κ1) is 21.0. The second kappa shape index (κ2) is 8.05. The third-order valence-electron chi connectivity index (χ3n) is 11.8. The molecule has 8 saturated carbocycles. The lowest BCUT2D eigenvalue weighted by Crippen LogP contribution is -2.64. The van der Waals surface area contributed by atoms with E-state index in [-0.39, 0.29) is 0 Å². The van der Waals surface area contributed by atoms with E-state index in [2.05, 4.69) is 0 Å². The first-order chi connectivity index (χ1) is 15.1. The number of carboxylic acids is 1. The summed E-state index contributed by atoms with van der Waals surface area (Å²) in [5.74, 6) is 7.00. The van der Waals surface area contributed by atoms with Gasteiger partial charge in [0.05, 0.1) is 0 Å². The van der Waals surface area contributed by atoms with Crippen molar-refractivity contribution in [3.63, 3.8) is 0 Å². The number of unbranched alkanes of at least 4 members (excludes halogenated alkanes) is 5. The first-order valence-electron chi connectivity index (χ1n) is 14.3. The van der Waals surface area contributed by atoms with Crippen LogP contribution in [0.1, 0.15) is 122 Å². The zero-order chi connectivity index (χ0) is 21.1. The summed E-state index contributed by atoms with van der Waals surface area (Å²) in [6.07, 6.45) is 27.0.